The summed E-state index contributed by atoms with van der Waals surface area (Å²) in [5.41, 5.74) is 0. The van der Waals surface area contributed by atoms with E-state index < -0.39 is 0 Å². The lowest BCUT2D eigenvalue weighted by molar-refractivity contribution is 0.568. The standard InChI is InChI=1S/C3H4OS/c4-2-1-3-5/h1,5H,3H2. The summed E-state index contributed by atoms with van der Waals surface area (Å²) in [6.07, 6.45) is 1.31. The van der Waals surface area contributed by atoms with Gasteiger partial charge in [-0.05, 0) is 0 Å². The van der Waals surface area contributed by atoms with Crippen molar-refractivity contribution in [2.24, 2.45) is 0 Å². The van der Waals surface area contributed by atoms with E-state index >= 15 is 0 Å². The molecule has 0 heterocycles. The topological polar surface area (TPSA) is 17.1 Å². The van der Waals surface area contributed by atoms with Crippen molar-refractivity contribution < 1.29 is 4.79 Å². The van der Waals surface area contributed by atoms with Crippen LogP contribution < -0.4 is 0 Å². The Balaban J connectivity index is 2.93. The highest BCUT2D eigenvalue weighted by Crippen LogP contribution is 1.65. The van der Waals surface area contributed by atoms with Crippen molar-refractivity contribution in [1.82, 2.24) is 0 Å². The number of thiol groups is 1. The third-order valence-electron chi connectivity index (χ3n) is 0.175. The third kappa shape index (κ3) is 3.80. The molecule has 0 radical (unpaired) electrons. The second-order valence-corrected chi connectivity index (χ2v) is 0.870. The van der Waals surface area contributed by atoms with Crippen LogP contribution >= 0.6 is 12.6 Å². The molecule has 1 nitrogen and oxygen atoms in total. The first-order chi connectivity index (χ1) is 2.41. The van der Waals surface area contributed by atoms with Crippen LogP contribution in [0.15, 0.2) is 6.08 Å². The van der Waals surface area contributed by atoms with Crippen LogP contribution in [0.4, 0.5) is 0 Å². The van der Waals surface area contributed by atoms with E-state index in [2.05, 4.69) is 12.6 Å². The summed E-state index contributed by atoms with van der Waals surface area (Å²) in [6, 6.07) is 0. The predicted octanol–water partition coefficient (Wildman–Crippen LogP) is 0.304. The zero-order chi connectivity index (χ0) is 4.12. The summed E-state index contributed by atoms with van der Waals surface area (Å²) in [5, 5.41) is 0. The van der Waals surface area contributed by atoms with Gasteiger partial charge in [0.1, 0.15) is 5.94 Å². The molecular formula is C3H4OS. The van der Waals surface area contributed by atoms with Crippen LogP contribution in [-0.2, 0) is 4.79 Å². The molecule has 0 bridgehead atoms. The molecule has 0 spiro atoms. The minimum absolute atomic E-state index is 0.490. The fraction of sp³-hybridized carbons (Fsp3) is 0.333. The van der Waals surface area contributed by atoms with Crippen molar-refractivity contribution in [3.8, 4) is 0 Å². The van der Waals surface area contributed by atoms with Crippen molar-refractivity contribution >= 4 is 18.6 Å². The second-order valence-electron chi connectivity index (χ2n) is 0.505. The summed E-state index contributed by atoms with van der Waals surface area (Å²) >= 11 is 3.68. The average Bonchev–Trinajstić information content (AvgIpc) is 1.41. The van der Waals surface area contributed by atoms with Gasteiger partial charge in [-0.1, -0.05) is 0 Å². The average molecular weight is 88.1 g/mol. The molecule has 0 aliphatic rings. The first-order valence-corrected chi connectivity index (χ1v) is 1.85. The predicted molar refractivity (Wildman–Crippen MR) is 24.1 cm³/mol. The van der Waals surface area contributed by atoms with Gasteiger partial charge >= 0.3 is 0 Å². The van der Waals surface area contributed by atoms with E-state index in [0.717, 1.165) is 0 Å². The Morgan fingerprint density at radius 1 is 2.00 bits per heavy atom. The summed E-state index contributed by atoms with van der Waals surface area (Å²) in [7, 11) is 0. The monoisotopic (exact) mass is 88.0 g/mol. The molecule has 0 rings (SSSR count). The maximum absolute atomic E-state index is 9.18. The van der Waals surface area contributed by atoms with Crippen LogP contribution in [0.1, 0.15) is 0 Å². The van der Waals surface area contributed by atoms with Crippen LogP contribution in [0.3, 0.4) is 0 Å². The van der Waals surface area contributed by atoms with Gasteiger partial charge in [-0.15, -0.1) is 0 Å². The highest BCUT2D eigenvalue weighted by molar-refractivity contribution is 7.80. The van der Waals surface area contributed by atoms with E-state index in [1.165, 1.54) is 6.08 Å². The minimum Gasteiger partial charge on any atom is -0.234 e. The lowest BCUT2D eigenvalue weighted by atomic mass is 10.8. The summed E-state index contributed by atoms with van der Waals surface area (Å²) in [4.78, 5) is 9.18. The molecule has 5 heavy (non-hydrogen) atoms. The van der Waals surface area contributed by atoms with Crippen molar-refractivity contribution in [2.45, 2.75) is 0 Å². The van der Waals surface area contributed by atoms with Crippen molar-refractivity contribution in [1.29, 1.82) is 0 Å². The van der Waals surface area contributed by atoms with E-state index in [0.29, 0.717) is 5.75 Å². The van der Waals surface area contributed by atoms with Gasteiger partial charge in [0, 0.05) is 11.8 Å². The molecule has 28 valence electrons. The fourth-order valence-corrected chi connectivity index (χ4v) is 0.112. The van der Waals surface area contributed by atoms with Crippen LogP contribution in [0.5, 0.6) is 0 Å². The molecule has 0 amide bonds. The first kappa shape index (κ1) is 4.80. The molecule has 0 saturated carbocycles. The lowest BCUT2D eigenvalue weighted by Gasteiger charge is -1.55. The van der Waals surface area contributed by atoms with Gasteiger partial charge in [-0.2, -0.15) is 12.6 Å². The Morgan fingerprint density at radius 2 is 2.60 bits per heavy atom. The Morgan fingerprint density at radius 3 is 2.60 bits per heavy atom. The molecule has 0 aromatic rings. The molecule has 0 aromatic carbocycles. The van der Waals surface area contributed by atoms with Gasteiger partial charge in [0.2, 0.25) is 0 Å². The van der Waals surface area contributed by atoms with Gasteiger partial charge < -0.3 is 0 Å². The summed E-state index contributed by atoms with van der Waals surface area (Å²) < 4.78 is 0. The van der Waals surface area contributed by atoms with Crippen LogP contribution in [0.25, 0.3) is 0 Å². The largest absolute Gasteiger partial charge is 0.234 e. The smallest absolute Gasteiger partial charge is 0.120 e. The van der Waals surface area contributed by atoms with E-state index in [-0.39, 0.29) is 0 Å². The number of hydrogen-bond donors (Lipinski definition) is 1. The highest BCUT2D eigenvalue weighted by atomic mass is 32.1. The Bertz CT molecular complexity index is 53.9. The zero-order valence-corrected chi connectivity index (χ0v) is 3.53. The van der Waals surface area contributed by atoms with Crippen LogP contribution in [-0.4, -0.2) is 11.7 Å². The van der Waals surface area contributed by atoms with Gasteiger partial charge in [-0.3, -0.25) is 0 Å². The van der Waals surface area contributed by atoms with Gasteiger partial charge in [-0.25, -0.2) is 4.79 Å². The molecule has 0 aliphatic carbocycles. The minimum atomic E-state index is 0.490. The SMILES string of the molecule is O=C=CCS. The third-order valence-corrected chi connectivity index (χ3v) is 0.357. The van der Waals surface area contributed by atoms with Crippen LogP contribution in [0, 0.1) is 0 Å². The number of rotatable bonds is 1. The van der Waals surface area contributed by atoms with Gasteiger partial charge in [0.25, 0.3) is 0 Å². The quantitative estimate of drug-likeness (QED) is 0.360. The van der Waals surface area contributed by atoms with E-state index in [1.54, 1.807) is 5.94 Å². The lowest BCUT2D eigenvalue weighted by Crippen LogP contribution is -1.54. The van der Waals surface area contributed by atoms with Crippen molar-refractivity contribution in [3.63, 3.8) is 0 Å². The molecule has 0 aliphatic heterocycles. The molecule has 2 heteroatoms. The summed E-state index contributed by atoms with van der Waals surface area (Å²) in [6.45, 7) is 0. The van der Waals surface area contributed by atoms with Crippen molar-refractivity contribution in [3.05, 3.63) is 6.08 Å². The van der Waals surface area contributed by atoms with Gasteiger partial charge in [0.05, 0.1) is 0 Å². The fourth-order valence-electron chi connectivity index (χ4n) is 0.0373. The highest BCUT2D eigenvalue weighted by Gasteiger charge is 1.53. The van der Waals surface area contributed by atoms with E-state index in [1.807, 2.05) is 0 Å². The number of carbonyl (C=O) groups excluding carboxylic acids is 1. The van der Waals surface area contributed by atoms with Crippen molar-refractivity contribution in [2.75, 3.05) is 5.75 Å². The van der Waals surface area contributed by atoms with Gasteiger partial charge in [0.15, 0.2) is 0 Å². The molecule has 0 unspecified atom stereocenters. The van der Waals surface area contributed by atoms with E-state index in [4.69, 9.17) is 0 Å². The molecule has 0 saturated heterocycles. The molecule has 0 atom stereocenters. The second kappa shape index (κ2) is 3.80. The maximum atomic E-state index is 9.18. The Hall–Kier alpha value is -0.200. The molecule has 0 N–H and O–H groups in total. The normalized spacial score (nSPS) is 5.80. The molecule has 0 fully saturated rings. The summed E-state index contributed by atoms with van der Waals surface area (Å²) in [5.74, 6) is 2.06. The van der Waals surface area contributed by atoms with Crippen LogP contribution in [0.2, 0.25) is 0 Å². The molecule has 0 aromatic heterocycles. The Labute approximate surface area is 36.1 Å². The zero-order valence-electron chi connectivity index (χ0n) is 2.64. The first-order valence-electron chi connectivity index (χ1n) is 1.22. The maximum Gasteiger partial charge on any atom is 0.120 e. The number of hydrogen-bond acceptors (Lipinski definition) is 2. The van der Waals surface area contributed by atoms with E-state index in [9.17, 15) is 4.79 Å². The molecular weight excluding hydrogens is 84.1 g/mol. The Kier molecular flexibility index (Phi) is 3.65.